The maximum atomic E-state index is 11.0. The van der Waals surface area contributed by atoms with Gasteiger partial charge in [0.05, 0.1) is 19.8 Å². The first-order valence-corrected chi connectivity index (χ1v) is 3.98. The fraction of sp³-hybridized carbons (Fsp3) is 0.857. The molecule has 78 valence electrons. The summed E-state index contributed by atoms with van der Waals surface area (Å²) in [6.07, 6.45) is 0.0990. The van der Waals surface area contributed by atoms with Gasteiger partial charge in [-0.05, 0) is 0 Å². The van der Waals surface area contributed by atoms with Crippen molar-refractivity contribution in [2.45, 2.75) is 12.0 Å². The van der Waals surface area contributed by atoms with Crippen molar-refractivity contribution in [2.24, 2.45) is 5.73 Å². The largest absolute Gasteiger partial charge is 0.394 e. The average molecular weight is 192 g/mol. The highest BCUT2D eigenvalue weighted by Crippen LogP contribution is 2.01. The van der Waals surface area contributed by atoms with Crippen LogP contribution >= 0.6 is 0 Å². The van der Waals surface area contributed by atoms with E-state index in [-0.39, 0.29) is 13.0 Å². The minimum Gasteiger partial charge on any atom is -0.394 e. The van der Waals surface area contributed by atoms with E-state index in [4.69, 9.17) is 21.1 Å². The van der Waals surface area contributed by atoms with Crippen LogP contribution in [0.3, 0.4) is 0 Å². The van der Waals surface area contributed by atoms with Crippen molar-refractivity contribution in [3.63, 3.8) is 0 Å². The van der Waals surface area contributed by atoms with E-state index >= 15 is 0 Å². The minimum absolute atomic E-state index is 0.0990. The Morgan fingerprint density at radius 1 is 1.23 bits per heavy atom. The summed E-state index contributed by atoms with van der Waals surface area (Å²) in [6, 6.07) is 0. The average Bonchev–Trinajstić information content (AvgIpc) is 2.15. The van der Waals surface area contributed by atoms with Crippen molar-refractivity contribution >= 4 is 5.91 Å². The third kappa shape index (κ3) is 3.69. The van der Waals surface area contributed by atoms with Gasteiger partial charge in [-0.1, -0.05) is 0 Å². The number of rotatable bonds is 6. The molecular weight excluding hydrogens is 176 g/mol. The third-order valence-electron chi connectivity index (χ3n) is 1.68. The number of aliphatic hydroxyl groups is 3. The van der Waals surface area contributed by atoms with Crippen LogP contribution in [0.2, 0.25) is 0 Å². The van der Waals surface area contributed by atoms with Crippen LogP contribution in [-0.4, -0.2) is 53.1 Å². The smallest absolute Gasteiger partial charge is 0.221 e. The van der Waals surface area contributed by atoms with Gasteiger partial charge in [0.1, 0.15) is 5.54 Å². The number of nitrogens with one attached hydrogen (secondary N) is 1. The van der Waals surface area contributed by atoms with Crippen LogP contribution in [0.25, 0.3) is 0 Å². The van der Waals surface area contributed by atoms with Gasteiger partial charge < -0.3 is 26.4 Å². The van der Waals surface area contributed by atoms with Crippen molar-refractivity contribution in [2.75, 3.05) is 26.4 Å². The predicted molar refractivity (Wildman–Crippen MR) is 45.8 cm³/mol. The van der Waals surface area contributed by atoms with Gasteiger partial charge in [0.2, 0.25) is 5.91 Å². The number of carbonyl (C=O) groups excluding carboxylic acids is 1. The Morgan fingerprint density at radius 3 is 2.00 bits per heavy atom. The standard InChI is InChI=1S/C7H16N2O4/c8-2-1-6(13)9-7(3-10,4-11)5-12/h10-12H,1-5,8H2,(H,9,13). The first-order valence-electron chi connectivity index (χ1n) is 3.98. The summed E-state index contributed by atoms with van der Waals surface area (Å²) in [5.41, 5.74) is 3.78. The number of hydrogen-bond donors (Lipinski definition) is 5. The van der Waals surface area contributed by atoms with Crippen molar-refractivity contribution < 1.29 is 20.1 Å². The van der Waals surface area contributed by atoms with E-state index in [1.54, 1.807) is 0 Å². The maximum absolute atomic E-state index is 11.0. The Bertz CT molecular complexity index is 150. The van der Waals surface area contributed by atoms with Crippen molar-refractivity contribution in [3.05, 3.63) is 0 Å². The normalized spacial score (nSPS) is 11.4. The summed E-state index contributed by atoms with van der Waals surface area (Å²) in [5, 5.41) is 28.8. The molecule has 0 fully saturated rings. The number of aliphatic hydroxyl groups excluding tert-OH is 3. The number of amides is 1. The highest BCUT2D eigenvalue weighted by molar-refractivity contribution is 5.77. The lowest BCUT2D eigenvalue weighted by Crippen LogP contribution is -2.57. The number of nitrogens with two attached hydrogens (primary N) is 1. The number of hydrogen-bond acceptors (Lipinski definition) is 5. The molecule has 6 N–H and O–H groups in total. The topological polar surface area (TPSA) is 116 Å². The number of carbonyl (C=O) groups is 1. The molecule has 6 heteroatoms. The van der Waals surface area contributed by atoms with Gasteiger partial charge in [-0.15, -0.1) is 0 Å². The highest BCUT2D eigenvalue weighted by atomic mass is 16.3. The molecule has 0 aliphatic rings. The predicted octanol–water partition coefficient (Wildman–Crippen LogP) is -2.83. The van der Waals surface area contributed by atoms with E-state index in [9.17, 15) is 4.79 Å². The SMILES string of the molecule is NCCC(=O)NC(CO)(CO)CO. The van der Waals surface area contributed by atoms with Crippen LogP contribution < -0.4 is 11.1 Å². The van der Waals surface area contributed by atoms with Gasteiger partial charge in [-0.25, -0.2) is 0 Å². The van der Waals surface area contributed by atoms with Crippen LogP contribution in [0.4, 0.5) is 0 Å². The Labute approximate surface area is 76.4 Å². The molecule has 6 nitrogen and oxygen atoms in total. The second-order valence-electron chi connectivity index (χ2n) is 2.84. The molecule has 0 aromatic rings. The zero-order valence-corrected chi connectivity index (χ0v) is 7.36. The Balaban J connectivity index is 4.16. The van der Waals surface area contributed by atoms with Gasteiger partial charge in [0.15, 0.2) is 0 Å². The van der Waals surface area contributed by atoms with E-state index < -0.39 is 31.3 Å². The zero-order valence-electron chi connectivity index (χ0n) is 7.36. The molecule has 0 atom stereocenters. The molecule has 0 aromatic heterocycles. The van der Waals surface area contributed by atoms with E-state index in [1.165, 1.54) is 0 Å². The van der Waals surface area contributed by atoms with Crippen molar-refractivity contribution in [3.8, 4) is 0 Å². The highest BCUT2D eigenvalue weighted by Gasteiger charge is 2.29. The fourth-order valence-electron chi connectivity index (χ4n) is 0.758. The first kappa shape index (κ1) is 12.3. The van der Waals surface area contributed by atoms with E-state index in [0.717, 1.165) is 0 Å². The Hall–Kier alpha value is -0.690. The van der Waals surface area contributed by atoms with Crippen LogP contribution in [0.5, 0.6) is 0 Å². The second-order valence-corrected chi connectivity index (χ2v) is 2.84. The lowest BCUT2D eigenvalue weighted by atomic mass is 10.0. The molecule has 0 heterocycles. The molecule has 0 aliphatic heterocycles. The maximum Gasteiger partial charge on any atom is 0.221 e. The van der Waals surface area contributed by atoms with Crippen LogP contribution in [-0.2, 0) is 4.79 Å². The summed E-state index contributed by atoms with van der Waals surface area (Å²) < 4.78 is 0. The van der Waals surface area contributed by atoms with Gasteiger partial charge in [-0.3, -0.25) is 4.79 Å². The molecule has 0 radical (unpaired) electrons. The monoisotopic (exact) mass is 192 g/mol. The molecule has 0 aromatic carbocycles. The van der Waals surface area contributed by atoms with Crippen molar-refractivity contribution in [1.29, 1.82) is 0 Å². The fourth-order valence-corrected chi connectivity index (χ4v) is 0.758. The second kappa shape index (κ2) is 5.87. The van der Waals surface area contributed by atoms with Gasteiger partial charge in [-0.2, -0.15) is 0 Å². The Morgan fingerprint density at radius 2 is 1.69 bits per heavy atom. The summed E-state index contributed by atoms with van der Waals surface area (Å²) in [6.45, 7) is -1.37. The van der Waals surface area contributed by atoms with Gasteiger partial charge in [0, 0.05) is 13.0 Å². The molecule has 0 saturated carbocycles. The first-order chi connectivity index (χ1) is 6.14. The molecular formula is C7H16N2O4. The molecule has 1 amide bonds. The van der Waals surface area contributed by atoms with Crippen LogP contribution in [0.1, 0.15) is 6.42 Å². The van der Waals surface area contributed by atoms with E-state index in [0.29, 0.717) is 0 Å². The quantitative estimate of drug-likeness (QED) is 0.311. The van der Waals surface area contributed by atoms with Gasteiger partial charge >= 0.3 is 0 Å². The molecule has 0 bridgehead atoms. The third-order valence-corrected chi connectivity index (χ3v) is 1.68. The van der Waals surface area contributed by atoms with E-state index in [2.05, 4.69) is 5.32 Å². The lowest BCUT2D eigenvalue weighted by Gasteiger charge is -2.28. The molecule has 0 spiro atoms. The molecule has 0 aliphatic carbocycles. The molecule has 0 saturated heterocycles. The summed E-state index contributed by atoms with van der Waals surface area (Å²) >= 11 is 0. The zero-order chi connectivity index (χ0) is 10.3. The van der Waals surface area contributed by atoms with Crippen molar-refractivity contribution in [1.82, 2.24) is 5.32 Å². The van der Waals surface area contributed by atoms with Gasteiger partial charge in [0.25, 0.3) is 0 Å². The molecule has 13 heavy (non-hydrogen) atoms. The molecule has 0 rings (SSSR count). The summed E-state index contributed by atoms with van der Waals surface area (Å²) in [5.74, 6) is -0.403. The van der Waals surface area contributed by atoms with Crippen LogP contribution in [0.15, 0.2) is 0 Å². The van der Waals surface area contributed by atoms with E-state index in [1.807, 2.05) is 0 Å². The molecule has 0 unspecified atom stereocenters. The summed E-state index contributed by atoms with van der Waals surface area (Å²) in [4.78, 5) is 11.0. The van der Waals surface area contributed by atoms with Crippen LogP contribution in [0, 0.1) is 0 Å². The lowest BCUT2D eigenvalue weighted by molar-refractivity contribution is -0.125. The Kier molecular flexibility index (Phi) is 5.56. The minimum atomic E-state index is -1.34. The summed E-state index contributed by atoms with van der Waals surface area (Å²) in [7, 11) is 0.